The average molecular weight is 249 g/mol. The zero-order valence-electron chi connectivity index (χ0n) is 9.48. The third-order valence-electron chi connectivity index (χ3n) is 2.33. The number of aryl methyl sites for hydroxylation is 1. The Balaban J connectivity index is 2.04. The number of ether oxygens (including phenoxy) is 1. The SMILES string of the molecule is Cc1ccc(OCc2ccc(N)nc2)c(Cl)c1. The van der Waals surface area contributed by atoms with Crippen LogP contribution in [0.1, 0.15) is 11.1 Å². The maximum Gasteiger partial charge on any atom is 0.138 e. The zero-order chi connectivity index (χ0) is 12.3. The van der Waals surface area contributed by atoms with Gasteiger partial charge >= 0.3 is 0 Å². The number of rotatable bonds is 3. The van der Waals surface area contributed by atoms with Gasteiger partial charge in [0.2, 0.25) is 0 Å². The highest BCUT2D eigenvalue weighted by atomic mass is 35.5. The first-order valence-electron chi connectivity index (χ1n) is 5.24. The van der Waals surface area contributed by atoms with Gasteiger partial charge in [-0.1, -0.05) is 23.7 Å². The van der Waals surface area contributed by atoms with Crippen molar-refractivity contribution in [3.63, 3.8) is 0 Å². The van der Waals surface area contributed by atoms with E-state index in [1.807, 2.05) is 31.2 Å². The molecule has 0 aliphatic heterocycles. The molecule has 0 atom stereocenters. The molecule has 0 fully saturated rings. The Morgan fingerprint density at radius 2 is 2.12 bits per heavy atom. The molecule has 0 saturated carbocycles. The molecule has 17 heavy (non-hydrogen) atoms. The van der Waals surface area contributed by atoms with Crippen LogP contribution in [0, 0.1) is 6.92 Å². The van der Waals surface area contributed by atoms with Crippen LogP contribution in [0.5, 0.6) is 5.75 Å². The van der Waals surface area contributed by atoms with E-state index >= 15 is 0 Å². The third-order valence-corrected chi connectivity index (χ3v) is 2.62. The number of hydrogen-bond acceptors (Lipinski definition) is 3. The molecular weight excluding hydrogens is 236 g/mol. The molecule has 1 aromatic heterocycles. The lowest BCUT2D eigenvalue weighted by Gasteiger charge is -2.08. The van der Waals surface area contributed by atoms with Crippen molar-refractivity contribution in [2.45, 2.75) is 13.5 Å². The van der Waals surface area contributed by atoms with E-state index in [0.717, 1.165) is 11.1 Å². The lowest BCUT2D eigenvalue weighted by atomic mass is 10.2. The lowest BCUT2D eigenvalue weighted by molar-refractivity contribution is 0.306. The minimum atomic E-state index is 0.427. The smallest absolute Gasteiger partial charge is 0.138 e. The van der Waals surface area contributed by atoms with Crippen molar-refractivity contribution in [1.82, 2.24) is 4.98 Å². The predicted molar refractivity (Wildman–Crippen MR) is 69.2 cm³/mol. The minimum absolute atomic E-state index is 0.427. The number of hydrogen-bond donors (Lipinski definition) is 1. The van der Waals surface area contributed by atoms with Gasteiger partial charge in [0.1, 0.15) is 18.2 Å². The van der Waals surface area contributed by atoms with Gasteiger partial charge in [-0.25, -0.2) is 4.98 Å². The van der Waals surface area contributed by atoms with Gasteiger partial charge in [-0.05, 0) is 30.7 Å². The number of anilines is 1. The van der Waals surface area contributed by atoms with Gasteiger partial charge in [-0.15, -0.1) is 0 Å². The van der Waals surface area contributed by atoms with Gasteiger partial charge < -0.3 is 10.5 Å². The fourth-order valence-corrected chi connectivity index (χ4v) is 1.69. The molecule has 2 rings (SSSR count). The van der Waals surface area contributed by atoms with Crippen molar-refractivity contribution in [3.05, 3.63) is 52.7 Å². The Morgan fingerprint density at radius 3 is 2.76 bits per heavy atom. The van der Waals surface area contributed by atoms with E-state index in [1.54, 1.807) is 12.3 Å². The first-order chi connectivity index (χ1) is 8.15. The monoisotopic (exact) mass is 248 g/mol. The lowest BCUT2D eigenvalue weighted by Crippen LogP contribution is -1.98. The second kappa shape index (κ2) is 5.06. The third kappa shape index (κ3) is 3.11. The summed E-state index contributed by atoms with van der Waals surface area (Å²) in [5, 5.41) is 0.619. The summed E-state index contributed by atoms with van der Waals surface area (Å²) in [4.78, 5) is 3.99. The molecule has 88 valence electrons. The van der Waals surface area contributed by atoms with Crippen LogP contribution in [0.15, 0.2) is 36.5 Å². The molecular formula is C13H13ClN2O. The van der Waals surface area contributed by atoms with Crippen LogP contribution in [0.2, 0.25) is 5.02 Å². The Labute approximate surface area is 105 Å². The van der Waals surface area contributed by atoms with E-state index in [9.17, 15) is 0 Å². The van der Waals surface area contributed by atoms with Crippen LogP contribution < -0.4 is 10.5 Å². The summed E-state index contributed by atoms with van der Waals surface area (Å²) in [6.45, 7) is 2.41. The van der Waals surface area contributed by atoms with Crippen LogP contribution in [-0.2, 0) is 6.61 Å². The average Bonchev–Trinajstić information content (AvgIpc) is 2.30. The molecule has 0 amide bonds. The Morgan fingerprint density at radius 1 is 1.29 bits per heavy atom. The normalized spacial score (nSPS) is 10.2. The minimum Gasteiger partial charge on any atom is -0.487 e. The van der Waals surface area contributed by atoms with Crippen molar-refractivity contribution in [1.29, 1.82) is 0 Å². The van der Waals surface area contributed by atoms with Crippen LogP contribution in [0.4, 0.5) is 5.82 Å². The number of aromatic nitrogens is 1. The highest BCUT2D eigenvalue weighted by Crippen LogP contribution is 2.25. The summed E-state index contributed by atoms with van der Waals surface area (Å²) < 4.78 is 5.60. The van der Waals surface area contributed by atoms with Gasteiger partial charge in [0, 0.05) is 11.8 Å². The quantitative estimate of drug-likeness (QED) is 0.907. The van der Waals surface area contributed by atoms with Crippen LogP contribution in [0.3, 0.4) is 0 Å². The summed E-state index contributed by atoms with van der Waals surface area (Å²) in [5.41, 5.74) is 7.56. The molecule has 0 bridgehead atoms. The molecule has 4 heteroatoms. The van der Waals surface area contributed by atoms with E-state index < -0.39 is 0 Å². The second-order valence-electron chi connectivity index (χ2n) is 3.81. The van der Waals surface area contributed by atoms with Crippen molar-refractivity contribution in [2.24, 2.45) is 0 Å². The Kier molecular flexibility index (Phi) is 3.49. The summed E-state index contributed by atoms with van der Waals surface area (Å²) in [7, 11) is 0. The summed E-state index contributed by atoms with van der Waals surface area (Å²) in [6, 6.07) is 9.32. The number of halogens is 1. The van der Waals surface area contributed by atoms with Gasteiger partial charge in [0.05, 0.1) is 5.02 Å². The standard InChI is InChI=1S/C13H13ClN2O/c1-9-2-4-12(11(14)6-9)17-8-10-3-5-13(15)16-7-10/h2-7H,8H2,1H3,(H2,15,16). The predicted octanol–water partition coefficient (Wildman–Crippen LogP) is 3.20. The first kappa shape index (κ1) is 11.7. The molecule has 2 N–H and O–H groups in total. The fourth-order valence-electron chi connectivity index (χ4n) is 1.41. The molecule has 0 radical (unpaired) electrons. The maximum atomic E-state index is 6.06. The van der Waals surface area contributed by atoms with Gasteiger partial charge in [-0.3, -0.25) is 0 Å². The number of benzene rings is 1. The molecule has 3 nitrogen and oxygen atoms in total. The van der Waals surface area contributed by atoms with Gasteiger partial charge in [0.15, 0.2) is 0 Å². The molecule has 2 aromatic rings. The van der Waals surface area contributed by atoms with Crippen LogP contribution in [0.25, 0.3) is 0 Å². The number of pyridine rings is 1. The summed E-state index contributed by atoms with van der Waals surface area (Å²) in [5.74, 6) is 1.18. The van der Waals surface area contributed by atoms with Crippen molar-refractivity contribution in [3.8, 4) is 5.75 Å². The molecule has 0 spiro atoms. The van der Waals surface area contributed by atoms with E-state index in [2.05, 4.69) is 4.98 Å². The van der Waals surface area contributed by atoms with E-state index in [4.69, 9.17) is 22.1 Å². The summed E-state index contributed by atoms with van der Waals surface area (Å²) in [6.07, 6.45) is 1.69. The number of nitrogens with zero attached hydrogens (tertiary/aromatic N) is 1. The van der Waals surface area contributed by atoms with Crippen LogP contribution in [-0.4, -0.2) is 4.98 Å². The molecule has 1 heterocycles. The van der Waals surface area contributed by atoms with E-state index in [-0.39, 0.29) is 0 Å². The topological polar surface area (TPSA) is 48.1 Å². The van der Waals surface area contributed by atoms with Crippen molar-refractivity contribution in [2.75, 3.05) is 5.73 Å². The van der Waals surface area contributed by atoms with Crippen molar-refractivity contribution >= 4 is 17.4 Å². The first-order valence-corrected chi connectivity index (χ1v) is 5.62. The van der Waals surface area contributed by atoms with Crippen molar-refractivity contribution < 1.29 is 4.74 Å². The highest BCUT2D eigenvalue weighted by Gasteiger charge is 2.02. The van der Waals surface area contributed by atoms with Crippen LogP contribution >= 0.6 is 11.6 Å². The molecule has 0 aliphatic rings. The fraction of sp³-hybridized carbons (Fsp3) is 0.154. The van der Waals surface area contributed by atoms with Gasteiger partial charge in [-0.2, -0.15) is 0 Å². The Bertz CT molecular complexity index is 511. The highest BCUT2D eigenvalue weighted by molar-refractivity contribution is 6.32. The zero-order valence-corrected chi connectivity index (χ0v) is 10.2. The second-order valence-corrected chi connectivity index (χ2v) is 4.22. The number of nitrogens with two attached hydrogens (primary N) is 1. The molecule has 1 aromatic carbocycles. The van der Waals surface area contributed by atoms with E-state index in [1.165, 1.54) is 0 Å². The van der Waals surface area contributed by atoms with Gasteiger partial charge in [0.25, 0.3) is 0 Å². The number of nitrogen functional groups attached to an aromatic ring is 1. The molecule has 0 unspecified atom stereocenters. The largest absolute Gasteiger partial charge is 0.487 e. The summed E-state index contributed by atoms with van der Waals surface area (Å²) >= 11 is 6.06. The molecule has 0 saturated heterocycles. The Hall–Kier alpha value is -1.74. The maximum absolute atomic E-state index is 6.06. The van der Waals surface area contributed by atoms with E-state index in [0.29, 0.717) is 23.2 Å². The molecule has 0 aliphatic carbocycles.